The maximum absolute atomic E-state index is 11.5. The van der Waals surface area contributed by atoms with Crippen molar-refractivity contribution in [3.63, 3.8) is 0 Å². The van der Waals surface area contributed by atoms with Crippen LogP contribution in [-0.4, -0.2) is 37.1 Å². The fraction of sp³-hybridized carbons (Fsp3) is 0.933. The molecule has 1 rings (SSSR count). The van der Waals surface area contributed by atoms with Crippen LogP contribution in [0.15, 0.2) is 0 Å². The lowest BCUT2D eigenvalue weighted by Gasteiger charge is -2.39. The van der Waals surface area contributed by atoms with Gasteiger partial charge in [-0.1, -0.05) is 20.8 Å². The van der Waals surface area contributed by atoms with Gasteiger partial charge in [-0.3, -0.25) is 9.69 Å². The van der Waals surface area contributed by atoms with Crippen molar-refractivity contribution in [3.05, 3.63) is 0 Å². The normalized spacial score (nSPS) is 25.2. The molecule has 0 N–H and O–H groups in total. The van der Waals surface area contributed by atoms with Crippen LogP contribution in [0.5, 0.6) is 0 Å². The van der Waals surface area contributed by atoms with Crippen molar-refractivity contribution in [2.24, 2.45) is 11.3 Å². The summed E-state index contributed by atoms with van der Waals surface area (Å²) >= 11 is 0. The molecule has 0 spiro atoms. The molecule has 0 amide bonds. The first-order valence-electron chi connectivity index (χ1n) is 7.20. The molecule has 0 aromatic rings. The molecule has 3 nitrogen and oxygen atoms in total. The van der Waals surface area contributed by atoms with Crippen LogP contribution >= 0.6 is 0 Å². The summed E-state index contributed by atoms with van der Waals surface area (Å²) in [7, 11) is 2.04. The minimum absolute atomic E-state index is 0.0991. The topological polar surface area (TPSA) is 29.5 Å². The van der Waals surface area contributed by atoms with Gasteiger partial charge in [-0.25, -0.2) is 0 Å². The maximum atomic E-state index is 11.5. The van der Waals surface area contributed by atoms with Crippen molar-refractivity contribution in [1.82, 2.24) is 4.90 Å². The highest BCUT2D eigenvalue weighted by Gasteiger charge is 2.31. The van der Waals surface area contributed by atoms with E-state index in [0.717, 1.165) is 5.92 Å². The van der Waals surface area contributed by atoms with Gasteiger partial charge in [-0.2, -0.15) is 0 Å². The lowest BCUT2D eigenvalue weighted by Crippen LogP contribution is -2.40. The van der Waals surface area contributed by atoms with E-state index in [2.05, 4.69) is 25.7 Å². The standard InChI is InChI=1S/C15H29NO2/c1-6-18-14(17)11-16(5)13-9-7-12(8-10-13)15(2,3)4/h12-13H,6-11H2,1-5H3. The van der Waals surface area contributed by atoms with Gasteiger partial charge in [-0.05, 0) is 51.0 Å². The van der Waals surface area contributed by atoms with E-state index in [9.17, 15) is 4.79 Å². The molecule has 0 heterocycles. The van der Waals surface area contributed by atoms with E-state index in [1.165, 1.54) is 25.7 Å². The number of nitrogens with zero attached hydrogens (tertiary/aromatic N) is 1. The second kappa shape index (κ2) is 6.55. The highest BCUT2D eigenvalue weighted by Crippen LogP contribution is 2.38. The van der Waals surface area contributed by atoms with Gasteiger partial charge < -0.3 is 4.74 Å². The predicted molar refractivity (Wildman–Crippen MR) is 74.5 cm³/mol. The summed E-state index contributed by atoms with van der Waals surface area (Å²) in [6.45, 7) is 9.76. The number of rotatable bonds is 4. The van der Waals surface area contributed by atoms with E-state index < -0.39 is 0 Å². The molecule has 3 heteroatoms. The molecular formula is C15H29NO2. The van der Waals surface area contributed by atoms with Crippen molar-refractivity contribution < 1.29 is 9.53 Å². The van der Waals surface area contributed by atoms with Crippen LogP contribution in [0.3, 0.4) is 0 Å². The Hall–Kier alpha value is -0.570. The van der Waals surface area contributed by atoms with E-state index in [0.29, 0.717) is 24.6 Å². The zero-order valence-corrected chi connectivity index (χ0v) is 12.7. The van der Waals surface area contributed by atoms with E-state index in [1.54, 1.807) is 0 Å². The number of likely N-dealkylation sites (N-methyl/N-ethyl adjacent to an activating group) is 1. The molecule has 0 radical (unpaired) electrons. The minimum atomic E-state index is -0.0991. The third-order valence-electron chi connectivity index (χ3n) is 4.23. The number of hydrogen-bond acceptors (Lipinski definition) is 3. The SMILES string of the molecule is CCOC(=O)CN(C)C1CCC(C(C)(C)C)CC1. The Morgan fingerprint density at radius 3 is 2.22 bits per heavy atom. The Bertz CT molecular complexity index is 262. The maximum Gasteiger partial charge on any atom is 0.320 e. The molecular weight excluding hydrogens is 226 g/mol. The summed E-state index contributed by atoms with van der Waals surface area (Å²) in [6.07, 6.45) is 4.97. The molecule has 1 fully saturated rings. The van der Waals surface area contributed by atoms with E-state index >= 15 is 0 Å². The van der Waals surface area contributed by atoms with Crippen molar-refractivity contribution >= 4 is 5.97 Å². The Labute approximate surface area is 112 Å². The van der Waals surface area contributed by atoms with Crippen LogP contribution in [-0.2, 0) is 9.53 Å². The Kier molecular flexibility index (Phi) is 5.64. The second-order valence-electron chi connectivity index (χ2n) is 6.59. The molecule has 0 aromatic heterocycles. The van der Waals surface area contributed by atoms with Gasteiger partial charge in [0.05, 0.1) is 13.2 Å². The molecule has 0 aliphatic heterocycles. The van der Waals surface area contributed by atoms with E-state index in [1.807, 2.05) is 14.0 Å². The minimum Gasteiger partial charge on any atom is -0.465 e. The van der Waals surface area contributed by atoms with Crippen LogP contribution in [0.4, 0.5) is 0 Å². The first-order valence-corrected chi connectivity index (χ1v) is 7.20. The smallest absolute Gasteiger partial charge is 0.320 e. The Morgan fingerprint density at radius 1 is 1.22 bits per heavy atom. The lowest BCUT2D eigenvalue weighted by atomic mass is 9.71. The largest absolute Gasteiger partial charge is 0.465 e. The highest BCUT2D eigenvalue weighted by atomic mass is 16.5. The van der Waals surface area contributed by atoms with E-state index in [-0.39, 0.29) is 5.97 Å². The lowest BCUT2D eigenvalue weighted by molar-refractivity contribution is -0.144. The summed E-state index contributed by atoms with van der Waals surface area (Å²) in [5, 5.41) is 0. The number of ether oxygens (including phenoxy) is 1. The van der Waals surface area contributed by atoms with Crippen LogP contribution in [0.25, 0.3) is 0 Å². The average molecular weight is 255 g/mol. The summed E-state index contributed by atoms with van der Waals surface area (Å²) in [6, 6.07) is 0.549. The fourth-order valence-electron chi connectivity index (χ4n) is 2.92. The van der Waals surface area contributed by atoms with Crippen molar-refractivity contribution in [2.45, 2.75) is 59.4 Å². The fourth-order valence-corrected chi connectivity index (χ4v) is 2.92. The Morgan fingerprint density at radius 2 is 1.78 bits per heavy atom. The molecule has 0 bridgehead atoms. The summed E-state index contributed by atoms with van der Waals surface area (Å²) < 4.78 is 5.00. The second-order valence-corrected chi connectivity index (χ2v) is 6.59. The zero-order valence-electron chi connectivity index (χ0n) is 12.7. The molecule has 106 valence electrons. The molecule has 18 heavy (non-hydrogen) atoms. The highest BCUT2D eigenvalue weighted by molar-refractivity contribution is 5.71. The number of hydrogen-bond donors (Lipinski definition) is 0. The molecule has 0 aromatic carbocycles. The predicted octanol–water partition coefficient (Wildman–Crippen LogP) is 3.09. The molecule has 1 saturated carbocycles. The number of esters is 1. The van der Waals surface area contributed by atoms with Gasteiger partial charge in [0.1, 0.15) is 0 Å². The van der Waals surface area contributed by atoms with Crippen LogP contribution in [0.2, 0.25) is 0 Å². The molecule has 0 atom stereocenters. The van der Waals surface area contributed by atoms with Gasteiger partial charge in [0, 0.05) is 6.04 Å². The third kappa shape index (κ3) is 4.60. The molecule has 0 saturated heterocycles. The quantitative estimate of drug-likeness (QED) is 0.723. The van der Waals surface area contributed by atoms with E-state index in [4.69, 9.17) is 4.74 Å². The third-order valence-corrected chi connectivity index (χ3v) is 4.23. The first-order chi connectivity index (χ1) is 8.34. The van der Waals surface area contributed by atoms with Crippen molar-refractivity contribution in [1.29, 1.82) is 0 Å². The Balaban J connectivity index is 2.36. The van der Waals surface area contributed by atoms with Crippen LogP contribution in [0.1, 0.15) is 53.4 Å². The van der Waals surface area contributed by atoms with Gasteiger partial charge in [0.15, 0.2) is 0 Å². The number of carbonyl (C=O) groups is 1. The molecule has 1 aliphatic rings. The monoisotopic (exact) mass is 255 g/mol. The molecule has 0 unspecified atom stereocenters. The summed E-state index contributed by atoms with van der Waals surface area (Å²) in [4.78, 5) is 13.6. The van der Waals surface area contributed by atoms with Gasteiger partial charge in [-0.15, -0.1) is 0 Å². The summed E-state index contributed by atoms with van der Waals surface area (Å²) in [5.41, 5.74) is 0.421. The summed E-state index contributed by atoms with van der Waals surface area (Å²) in [5.74, 6) is 0.725. The first kappa shape index (κ1) is 15.5. The van der Waals surface area contributed by atoms with Crippen molar-refractivity contribution in [2.75, 3.05) is 20.2 Å². The van der Waals surface area contributed by atoms with Crippen molar-refractivity contribution in [3.8, 4) is 0 Å². The average Bonchev–Trinajstić information content (AvgIpc) is 2.28. The van der Waals surface area contributed by atoms with Gasteiger partial charge >= 0.3 is 5.97 Å². The zero-order chi connectivity index (χ0) is 13.8. The van der Waals surface area contributed by atoms with Crippen LogP contribution < -0.4 is 0 Å². The van der Waals surface area contributed by atoms with Gasteiger partial charge in [0.2, 0.25) is 0 Å². The molecule has 1 aliphatic carbocycles. The van der Waals surface area contributed by atoms with Gasteiger partial charge in [0.25, 0.3) is 0 Å². The van der Waals surface area contributed by atoms with Crippen LogP contribution in [0, 0.1) is 11.3 Å². The number of carbonyl (C=O) groups excluding carboxylic acids is 1.